The van der Waals surface area contributed by atoms with Gasteiger partial charge in [-0.2, -0.15) is 0 Å². The lowest BCUT2D eigenvalue weighted by molar-refractivity contribution is -0.134. The molecule has 0 spiro atoms. The summed E-state index contributed by atoms with van der Waals surface area (Å²) in [5.41, 5.74) is 1.93. The fraction of sp³-hybridized carbons (Fsp3) is 0.500. The number of carbonyl (C=O) groups is 1. The number of aliphatic hydroxyl groups is 1. The van der Waals surface area contributed by atoms with Crippen LogP contribution < -0.4 is 0 Å². The van der Waals surface area contributed by atoms with Crippen LogP contribution >= 0.6 is 11.3 Å². The minimum absolute atomic E-state index is 0.115. The van der Waals surface area contributed by atoms with Gasteiger partial charge in [0.25, 0.3) is 0 Å². The van der Waals surface area contributed by atoms with Crippen LogP contribution in [0.25, 0.3) is 10.6 Å². The van der Waals surface area contributed by atoms with Gasteiger partial charge in [0.05, 0.1) is 24.6 Å². The second kappa shape index (κ2) is 7.25. The van der Waals surface area contributed by atoms with Crippen molar-refractivity contribution in [1.82, 2.24) is 14.8 Å². The maximum atomic E-state index is 12.3. The van der Waals surface area contributed by atoms with E-state index in [0.717, 1.165) is 16.3 Å². The van der Waals surface area contributed by atoms with Gasteiger partial charge >= 0.3 is 0 Å². The predicted molar refractivity (Wildman–Crippen MR) is 88.0 cm³/mol. The van der Waals surface area contributed by atoms with Crippen LogP contribution in [-0.4, -0.2) is 58.6 Å². The predicted octanol–water partition coefficient (Wildman–Crippen LogP) is 1.82. The third kappa shape index (κ3) is 4.19. The fourth-order valence-electron chi connectivity index (χ4n) is 2.68. The number of piperidine rings is 1. The summed E-state index contributed by atoms with van der Waals surface area (Å²) in [6, 6.07) is 1.89. The number of rotatable bonds is 5. The molecule has 6 nitrogen and oxygen atoms in total. The van der Waals surface area contributed by atoms with E-state index >= 15 is 0 Å². The van der Waals surface area contributed by atoms with Crippen LogP contribution in [0.3, 0.4) is 0 Å². The van der Waals surface area contributed by atoms with Crippen LogP contribution in [0.15, 0.2) is 28.4 Å². The van der Waals surface area contributed by atoms with Crippen LogP contribution in [0, 0.1) is 0 Å². The summed E-state index contributed by atoms with van der Waals surface area (Å²) in [5, 5.41) is 12.4. The van der Waals surface area contributed by atoms with E-state index in [-0.39, 0.29) is 12.0 Å². The number of hydrogen-bond donors (Lipinski definition) is 1. The Kier molecular flexibility index (Phi) is 5.09. The van der Waals surface area contributed by atoms with E-state index in [4.69, 9.17) is 4.42 Å². The van der Waals surface area contributed by atoms with Crippen molar-refractivity contribution >= 4 is 17.2 Å². The molecule has 1 aliphatic rings. The molecule has 1 aliphatic heterocycles. The molecule has 3 rings (SSSR count). The monoisotopic (exact) mass is 335 g/mol. The van der Waals surface area contributed by atoms with Gasteiger partial charge in [-0.3, -0.25) is 9.69 Å². The Labute approximate surface area is 139 Å². The number of nitrogens with zero attached hydrogens (tertiary/aromatic N) is 3. The van der Waals surface area contributed by atoms with E-state index < -0.39 is 0 Å². The molecule has 3 heterocycles. The quantitative estimate of drug-likeness (QED) is 0.902. The highest BCUT2D eigenvalue weighted by Crippen LogP contribution is 2.24. The van der Waals surface area contributed by atoms with Crippen LogP contribution in [0.1, 0.15) is 18.5 Å². The second-order valence-electron chi connectivity index (χ2n) is 5.94. The van der Waals surface area contributed by atoms with Gasteiger partial charge in [0, 0.05) is 30.6 Å². The summed E-state index contributed by atoms with van der Waals surface area (Å²) in [7, 11) is 1.92. The van der Waals surface area contributed by atoms with Crippen molar-refractivity contribution in [1.29, 1.82) is 0 Å². The SMILES string of the molecule is CN(CC(=O)N1CCC(O)CC1)Cc1csc(-c2ccoc2)n1. The molecule has 1 fully saturated rings. The largest absolute Gasteiger partial charge is 0.472 e. The Morgan fingerprint density at radius 3 is 3.00 bits per heavy atom. The van der Waals surface area contributed by atoms with Crippen molar-refractivity contribution in [3.63, 3.8) is 0 Å². The molecule has 0 atom stereocenters. The van der Waals surface area contributed by atoms with E-state index in [0.29, 0.717) is 39.0 Å². The summed E-state index contributed by atoms with van der Waals surface area (Å²) in [6.45, 7) is 2.30. The lowest BCUT2D eigenvalue weighted by atomic mass is 10.1. The highest BCUT2D eigenvalue weighted by atomic mass is 32.1. The van der Waals surface area contributed by atoms with E-state index in [1.54, 1.807) is 23.9 Å². The highest BCUT2D eigenvalue weighted by Gasteiger charge is 2.22. The van der Waals surface area contributed by atoms with Gasteiger partial charge in [0.2, 0.25) is 5.91 Å². The summed E-state index contributed by atoms with van der Waals surface area (Å²) >= 11 is 1.58. The van der Waals surface area contributed by atoms with Crippen molar-refractivity contribution in [3.05, 3.63) is 29.7 Å². The minimum Gasteiger partial charge on any atom is -0.472 e. The molecule has 0 saturated carbocycles. The molecule has 2 aromatic heterocycles. The molecule has 0 radical (unpaired) electrons. The summed E-state index contributed by atoms with van der Waals surface area (Å²) in [5.74, 6) is 0.115. The Morgan fingerprint density at radius 1 is 1.52 bits per heavy atom. The third-order valence-corrected chi connectivity index (χ3v) is 4.91. The molecular formula is C16H21N3O3S. The number of thiazole rings is 1. The van der Waals surface area contributed by atoms with Crippen molar-refractivity contribution in [3.8, 4) is 10.6 Å². The first-order valence-corrected chi connectivity index (χ1v) is 8.61. The fourth-order valence-corrected chi connectivity index (χ4v) is 3.47. The molecule has 1 N–H and O–H groups in total. The Morgan fingerprint density at radius 2 is 2.30 bits per heavy atom. The minimum atomic E-state index is -0.256. The van der Waals surface area contributed by atoms with Gasteiger partial charge in [-0.15, -0.1) is 11.3 Å². The van der Waals surface area contributed by atoms with Gasteiger partial charge in [0.15, 0.2) is 0 Å². The van der Waals surface area contributed by atoms with E-state index in [1.165, 1.54) is 0 Å². The maximum Gasteiger partial charge on any atom is 0.236 e. The van der Waals surface area contributed by atoms with Crippen molar-refractivity contribution in [2.75, 3.05) is 26.7 Å². The topological polar surface area (TPSA) is 69.8 Å². The molecule has 2 aromatic rings. The summed E-state index contributed by atoms with van der Waals surface area (Å²) in [6.07, 6.45) is 4.41. The molecule has 23 heavy (non-hydrogen) atoms. The molecule has 0 aliphatic carbocycles. The lowest BCUT2D eigenvalue weighted by Crippen LogP contribution is -2.44. The van der Waals surface area contributed by atoms with E-state index in [2.05, 4.69) is 4.98 Å². The van der Waals surface area contributed by atoms with Crippen molar-refractivity contribution < 1.29 is 14.3 Å². The highest BCUT2D eigenvalue weighted by molar-refractivity contribution is 7.13. The first-order valence-electron chi connectivity index (χ1n) is 7.73. The zero-order chi connectivity index (χ0) is 16.2. The van der Waals surface area contributed by atoms with Gasteiger partial charge in [0.1, 0.15) is 11.3 Å². The number of amides is 1. The first kappa shape index (κ1) is 16.2. The zero-order valence-corrected chi connectivity index (χ0v) is 14.0. The van der Waals surface area contributed by atoms with Crippen LogP contribution in [-0.2, 0) is 11.3 Å². The number of furan rings is 1. The standard InChI is InChI=1S/C16H21N3O3S/c1-18(9-15(21)19-5-2-14(20)3-6-19)8-13-11-23-16(17-13)12-4-7-22-10-12/h4,7,10-11,14,20H,2-3,5-6,8-9H2,1H3. The molecule has 0 unspecified atom stereocenters. The number of carbonyl (C=O) groups excluding carboxylic acids is 1. The Bertz CT molecular complexity index is 633. The first-order chi connectivity index (χ1) is 11.1. The van der Waals surface area contributed by atoms with Crippen LogP contribution in [0.2, 0.25) is 0 Å². The number of aromatic nitrogens is 1. The molecule has 1 saturated heterocycles. The molecule has 0 bridgehead atoms. The van der Waals surface area contributed by atoms with Crippen molar-refractivity contribution in [2.24, 2.45) is 0 Å². The second-order valence-corrected chi connectivity index (χ2v) is 6.80. The molecule has 124 valence electrons. The number of hydrogen-bond acceptors (Lipinski definition) is 6. The molecular weight excluding hydrogens is 314 g/mol. The summed E-state index contributed by atoms with van der Waals surface area (Å²) < 4.78 is 5.07. The van der Waals surface area contributed by atoms with Gasteiger partial charge in [-0.25, -0.2) is 4.98 Å². The number of likely N-dealkylation sites (tertiary alicyclic amines) is 1. The van der Waals surface area contributed by atoms with Gasteiger partial charge in [-0.1, -0.05) is 0 Å². The zero-order valence-electron chi connectivity index (χ0n) is 13.1. The van der Waals surface area contributed by atoms with E-state index in [9.17, 15) is 9.90 Å². The number of likely N-dealkylation sites (N-methyl/N-ethyl adjacent to an activating group) is 1. The molecule has 1 amide bonds. The van der Waals surface area contributed by atoms with Gasteiger partial charge in [-0.05, 0) is 26.0 Å². The Balaban J connectivity index is 1.51. The molecule has 0 aromatic carbocycles. The van der Waals surface area contributed by atoms with Crippen LogP contribution in [0.4, 0.5) is 0 Å². The normalized spacial score (nSPS) is 16.2. The Hall–Kier alpha value is -1.70. The maximum absolute atomic E-state index is 12.3. The average Bonchev–Trinajstić information content (AvgIpc) is 3.18. The van der Waals surface area contributed by atoms with E-state index in [1.807, 2.05) is 28.3 Å². The van der Waals surface area contributed by atoms with Gasteiger partial charge < -0.3 is 14.4 Å². The summed E-state index contributed by atoms with van der Waals surface area (Å²) in [4.78, 5) is 20.7. The number of aliphatic hydroxyl groups excluding tert-OH is 1. The smallest absolute Gasteiger partial charge is 0.236 e. The molecule has 7 heteroatoms. The lowest BCUT2D eigenvalue weighted by Gasteiger charge is -2.30. The third-order valence-electron chi connectivity index (χ3n) is 3.97. The van der Waals surface area contributed by atoms with Crippen molar-refractivity contribution in [2.45, 2.75) is 25.5 Å². The van der Waals surface area contributed by atoms with Crippen LogP contribution in [0.5, 0.6) is 0 Å². The average molecular weight is 335 g/mol.